The van der Waals surface area contributed by atoms with Gasteiger partial charge in [-0.25, -0.2) is 9.97 Å². The molecule has 0 spiro atoms. The van der Waals surface area contributed by atoms with Crippen molar-refractivity contribution in [2.75, 3.05) is 18.8 Å². The molecule has 0 radical (unpaired) electrons. The summed E-state index contributed by atoms with van der Waals surface area (Å²) in [5.41, 5.74) is 5.33. The van der Waals surface area contributed by atoms with Crippen LogP contribution in [0.4, 0.5) is 5.82 Å². The molecule has 2 heterocycles. The average molecular weight is 312 g/mol. The van der Waals surface area contributed by atoms with Crippen molar-refractivity contribution in [3.8, 4) is 0 Å². The number of rotatable bonds is 3. The third kappa shape index (κ3) is 2.50. The van der Waals surface area contributed by atoms with Crippen LogP contribution < -0.4 is 5.73 Å². The first kappa shape index (κ1) is 15.0. The van der Waals surface area contributed by atoms with Crippen molar-refractivity contribution in [2.45, 2.75) is 11.8 Å². The predicted octanol–water partition coefficient (Wildman–Crippen LogP) is 0.927. The van der Waals surface area contributed by atoms with Crippen LogP contribution in [-0.4, -0.2) is 44.9 Å². The molecule has 1 aliphatic rings. The van der Waals surface area contributed by atoms with Crippen LogP contribution in [0.2, 0.25) is 0 Å². The van der Waals surface area contributed by atoms with Crippen LogP contribution in [0.25, 0.3) is 0 Å². The summed E-state index contributed by atoms with van der Waals surface area (Å²) in [5.74, 6) is -1.29. The fourth-order valence-corrected chi connectivity index (χ4v) is 2.94. The lowest BCUT2D eigenvalue weighted by atomic mass is 9.80. The number of amides is 1. The van der Waals surface area contributed by atoms with Gasteiger partial charge in [0.2, 0.25) is 0 Å². The van der Waals surface area contributed by atoms with E-state index in [0.29, 0.717) is 18.5 Å². The number of carboxylic acids is 1. The zero-order chi connectivity index (χ0) is 16.4. The zero-order valence-corrected chi connectivity index (χ0v) is 12.3. The van der Waals surface area contributed by atoms with Crippen LogP contribution in [0.15, 0.2) is 42.7 Å². The lowest BCUT2D eigenvalue weighted by Crippen LogP contribution is -2.40. The summed E-state index contributed by atoms with van der Waals surface area (Å²) in [6, 6.07) is 8.98. The highest BCUT2D eigenvalue weighted by Crippen LogP contribution is 2.35. The van der Waals surface area contributed by atoms with Gasteiger partial charge in [0, 0.05) is 25.5 Å². The topological polar surface area (TPSA) is 109 Å². The van der Waals surface area contributed by atoms with Crippen molar-refractivity contribution < 1.29 is 14.7 Å². The minimum absolute atomic E-state index is 0.0463. The quantitative estimate of drug-likeness (QED) is 0.872. The molecule has 1 fully saturated rings. The Balaban J connectivity index is 1.91. The van der Waals surface area contributed by atoms with Gasteiger partial charge >= 0.3 is 5.97 Å². The highest BCUT2D eigenvalue weighted by molar-refractivity contribution is 5.97. The molecular formula is C16H16N4O3. The number of carbonyl (C=O) groups excluding carboxylic acids is 1. The minimum Gasteiger partial charge on any atom is -0.481 e. The van der Waals surface area contributed by atoms with Crippen LogP contribution in [0, 0.1) is 0 Å². The van der Waals surface area contributed by atoms with E-state index in [4.69, 9.17) is 5.73 Å². The van der Waals surface area contributed by atoms with E-state index in [1.807, 2.05) is 6.07 Å². The Morgan fingerprint density at radius 3 is 2.52 bits per heavy atom. The Labute approximate surface area is 132 Å². The molecule has 1 unspecified atom stereocenters. The number of carbonyl (C=O) groups is 2. The van der Waals surface area contributed by atoms with Gasteiger partial charge in [0.25, 0.3) is 5.91 Å². The van der Waals surface area contributed by atoms with Crippen molar-refractivity contribution in [1.29, 1.82) is 0 Å². The molecule has 0 aliphatic carbocycles. The number of hydrogen-bond donors (Lipinski definition) is 2. The number of carboxylic acid groups (broad SMARTS) is 1. The highest BCUT2D eigenvalue weighted by Gasteiger charge is 2.48. The average Bonchev–Trinajstić information content (AvgIpc) is 3.02. The molecule has 7 heteroatoms. The lowest BCUT2D eigenvalue weighted by Gasteiger charge is -2.25. The van der Waals surface area contributed by atoms with Crippen molar-refractivity contribution in [3.63, 3.8) is 0 Å². The number of nitrogens with two attached hydrogens (primary N) is 1. The van der Waals surface area contributed by atoms with Gasteiger partial charge in [0.05, 0.1) is 0 Å². The maximum Gasteiger partial charge on any atom is 0.316 e. The van der Waals surface area contributed by atoms with Crippen molar-refractivity contribution in [1.82, 2.24) is 14.9 Å². The van der Waals surface area contributed by atoms with Gasteiger partial charge in [-0.3, -0.25) is 9.59 Å². The normalized spacial score (nSPS) is 20.4. The van der Waals surface area contributed by atoms with Crippen LogP contribution in [0.5, 0.6) is 0 Å². The Hall–Kier alpha value is -2.96. The molecule has 1 aliphatic heterocycles. The SMILES string of the molecule is Nc1nccnc1C(=O)N1CCC(C(=O)O)(c2ccccc2)C1. The molecule has 2 aromatic rings. The van der Waals surface area contributed by atoms with Crippen LogP contribution in [-0.2, 0) is 10.2 Å². The van der Waals surface area contributed by atoms with Gasteiger partial charge in [-0.1, -0.05) is 30.3 Å². The van der Waals surface area contributed by atoms with Gasteiger partial charge in [0.15, 0.2) is 11.5 Å². The third-order valence-corrected chi connectivity index (χ3v) is 4.22. The number of nitrogens with zero attached hydrogens (tertiary/aromatic N) is 3. The van der Waals surface area contributed by atoms with E-state index < -0.39 is 17.3 Å². The second-order valence-electron chi connectivity index (χ2n) is 5.52. The van der Waals surface area contributed by atoms with Crippen LogP contribution in [0.3, 0.4) is 0 Å². The molecule has 1 aromatic heterocycles. The number of anilines is 1. The maximum atomic E-state index is 12.6. The first-order valence-electron chi connectivity index (χ1n) is 7.19. The van der Waals surface area contributed by atoms with E-state index in [9.17, 15) is 14.7 Å². The Kier molecular flexibility index (Phi) is 3.69. The number of hydrogen-bond acceptors (Lipinski definition) is 5. The summed E-state index contributed by atoms with van der Waals surface area (Å²) in [5, 5.41) is 9.75. The van der Waals surface area contributed by atoms with E-state index in [-0.39, 0.29) is 18.1 Å². The van der Waals surface area contributed by atoms with Crippen LogP contribution >= 0.6 is 0 Å². The molecule has 0 saturated carbocycles. The molecule has 1 amide bonds. The zero-order valence-electron chi connectivity index (χ0n) is 12.3. The molecule has 23 heavy (non-hydrogen) atoms. The van der Waals surface area contributed by atoms with E-state index in [1.54, 1.807) is 24.3 Å². The Morgan fingerprint density at radius 1 is 1.17 bits per heavy atom. The summed E-state index contributed by atoms with van der Waals surface area (Å²) >= 11 is 0. The van der Waals surface area contributed by atoms with Gasteiger partial charge in [-0.15, -0.1) is 0 Å². The fraction of sp³-hybridized carbons (Fsp3) is 0.250. The van der Waals surface area contributed by atoms with E-state index in [2.05, 4.69) is 9.97 Å². The Bertz CT molecular complexity index is 750. The molecule has 7 nitrogen and oxygen atoms in total. The van der Waals surface area contributed by atoms with E-state index in [1.165, 1.54) is 17.3 Å². The second-order valence-corrected chi connectivity index (χ2v) is 5.52. The van der Waals surface area contributed by atoms with Crippen molar-refractivity contribution >= 4 is 17.7 Å². The molecular weight excluding hydrogens is 296 g/mol. The summed E-state index contributed by atoms with van der Waals surface area (Å²) in [7, 11) is 0. The van der Waals surface area contributed by atoms with E-state index >= 15 is 0 Å². The summed E-state index contributed by atoms with van der Waals surface area (Å²) in [6.45, 7) is 0.414. The van der Waals surface area contributed by atoms with Crippen LogP contribution in [0.1, 0.15) is 22.5 Å². The molecule has 0 bridgehead atoms. The first-order chi connectivity index (χ1) is 11.0. The van der Waals surface area contributed by atoms with Gasteiger partial charge in [-0.2, -0.15) is 0 Å². The second kappa shape index (κ2) is 5.68. The summed E-state index contributed by atoms with van der Waals surface area (Å²) in [6.07, 6.45) is 3.14. The number of likely N-dealkylation sites (tertiary alicyclic amines) is 1. The molecule has 3 rings (SSSR count). The number of nitrogen functional groups attached to an aromatic ring is 1. The summed E-state index contributed by atoms with van der Waals surface area (Å²) < 4.78 is 0. The molecule has 1 aromatic carbocycles. The van der Waals surface area contributed by atoms with Gasteiger partial charge in [0.1, 0.15) is 5.41 Å². The largest absolute Gasteiger partial charge is 0.481 e. The molecule has 1 saturated heterocycles. The van der Waals surface area contributed by atoms with Crippen molar-refractivity contribution in [3.05, 3.63) is 54.0 Å². The Morgan fingerprint density at radius 2 is 1.87 bits per heavy atom. The van der Waals surface area contributed by atoms with Gasteiger partial charge in [-0.05, 0) is 12.0 Å². The smallest absolute Gasteiger partial charge is 0.316 e. The van der Waals surface area contributed by atoms with E-state index in [0.717, 1.165) is 0 Å². The third-order valence-electron chi connectivity index (χ3n) is 4.22. The maximum absolute atomic E-state index is 12.6. The molecule has 3 N–H and O–H groups in total. The lowest BCUT2D eigenvalue weighted by molar-refractivity contribution is -0.143. The minimum atomic E-state index is -1.10. The number of benzene rings is 1. The molecule has 118 valence electrons. The predicted molar refractivity (Wildman–Crippen MR) is 82.7 cm³/mol. The standard InChI is InChI=1S/C16H16N4O3/c17-13-12(18-7-8-19-13)14(21)20-9-6-16(10-20,15(22)23)11-4-2-1-3-5-11/h1-5,7-8H,6,9-10H2,(H2,17,19)(H,22,23). The monoisotopic (exact) mass is 312 g/mol. The summed E-state index contributed by atoms with van der Waals surface area (Å²) in [4.78, 5) is 33.8. The molecule has 1 atom stereocenters. The van der Waals surface area contributed by atoms with Crippen molar-refractivity contribution in [2.24, 2.45) is 0 Å². The van der Waals surface area contributed by atoms with Gasteiger partial charge < -0.3 is 15.7 Å². The highest BCUT2D eigenvalue weighted by atomic mass is 16.4. The first-order valence-corrected chi connectivity index (χ1v) is 7.19. The fourth-order valence-electron chi connectivity index (χ4n) is 2.94. The number of aromatic nitrogens is 2. The number of aliphatic carboxylic acids is 1.